The van der Waals surface area contributed by atoms with Crippen molar-refractivity contribution in [1.82, 2.24) is 5.32 Å². The van der Waals surface area contributed by atoms with Crippen LogP contribution < -0.4 is 5.32 Å². The van der Waals surface area contributed by atoms with Gasteiger partial charge < -0.3 is 10.1 Å². The van der Waals surface area contributed by atoms with Crippen LogP contribution in [0.2, 0.25) is 0 Å². The van der Waals surface area contributed by atoms with Crippen molar-refractivity contribution in [1.29, 1.82) is 0 Å². The quantitative estimate of drug-likeness (QED) is 0.609. The Labute approximate surface area is 65.6 Å². The van der Waals surface area contributed by atoms with E-state index >= 15 is 0 Å². The molecule has 0 bridgehead atoms. The second-order valence-corrected chi connectivity index (χ2v) is 2.37. The molecule has 0 saturated carbocycles. The Bertz CT molecular complexity index is 189. The summed E-state index contributed by atoms with van der Waals surface area (Å²) in [6.07, 6.45) is 0. The van der Waals surface area contributed by atoms with E-state index in [9.17, 15) is 4.79 Å². The van der Waals surface area contributed by atoms with Crippen molar-refractivity contribution < 1.29 is 9.53 Å². The van der Waals surface area contributed by atoms with Gasteiger partial charge in [0, 0.05) is 13.5 Å². The minimum atomic E-state index is -0.324. The maximum atomic E-state index is 11.1. The number of carbonyl (C=O) groups is 1. The largest absolute Gasteiger partial charge is 0.478 e. The molecule has 1 aliphatic heterocycles. The fourth-order valence-corrected chi connectivity index (χ4v) is 0.920. The van der Waals surface area contributed by atoms with Gasteiger partial charge in [0.15, 0.2) is 11.9 Å². The Morgan fingerprint density at radius 1 is 1.91 bits per heavy atom. The number of hydrogen-bond acceptors (Lipinski definition) is 3. The molecule has 0 aromatic rings. The van der Waals surface area contributed by atoms with Crippen molar-refractivity contribution in [3.8, 4) is 0 Å². The smallest absolute Gasteiger partial charge is 0.248 e. The summed E-state index contributed by atoms with van der Waals surface area (Å²) in [7, 11) is 0. The number of aliphatic imine (C=N–C) groups is 1. The maximum absolute atomic E-state index is 11.1. The molecular formula is C7H12N2O2. The Morgan fingerprint density at radius 2 is 2.64 bits per heavy atom. The number of ether oxygens (including phenoxy) is 1. The lowest BCUT2D eigenvalue weighted by Gasteiger charge is -2.03. The number of rotatable bonds is 2. The fourth-order valence-electron chi connectivity index (χ4n) is 0.920. The Balaban J connectivity index is 2.43. The molecule has 0 aromatic carbocycles. The number of hydrogen-bond donors (Lipinski definition) is 1. The highest BCUT2D eigenvalue weighted by molar-refractivity contribution is 5.87. The van der Waals surface area contributed by atoms with Gasteiger partial charge in [0.2, 0.25) is 5.91 Å². The summed E-state index contributed by atoms with van der Waals surface area (Å²) in [5.74, 6) is 0.547. The molecule has 1 unspecified atom stereocenters. The number of nitrogens with zero attached hydrogens (tertiary/aromatic N) is 1. The van der Waals surface area contributed by atoms with Gasteiger partial charge in [0.05, 0.1) is 0 Å². The van der Waals surface area contributed by atoms with Crippen LogP contribution in [0.3, 0.4) is 0 Å². The summed E-state index contributed by atoms with van der Waals surface area (Å²) in [5, 5.41) is 2.68. The van der Waals surface area contributed by atoms with Crippen LogP contribution in [0.4, 0.5) is 0 Å². The normalized spacial score (nSPS) is 22.4. The van der Waals surface area contributed by atoms with E-state index in [1.54, 1.807) is 6.92 Å². The van der Waals surface area contributed by atoms with Gasteiger partial charge >= 0.3 is 0 Å². The molecular weight excluding hydrogens is 144 g/mol. The van der Waals surface area contributed by atoms with Gasteiger partial charge in [-0.2, -0.15) is 0 Å². The molecule has 1 aliphatic rings. The molecule has 4 nitrogen and oxygen atoms in total. The third kappa shape index (κ3) is 1.93. The van der Waals surface area contributed by atoms with Crippen molar-refractivity contribution in [2.45, 2.75) is 19.9 Å². The van der Waals surface area contributed by atoms with Crippen molar-refractivity contribution >= 4 is 11.8 Å². The van der Waals surface area contributed by atoms with Gasteiger partial charge in [0.1, 0.15) is 6.61 Å². The fraction of sp³-hybridized carbons (Fsp3) is 0.714. The number of carbonyl (C=O) groups excluding carboxylic acids is 1. The van der Waals surface area contributed by atoms with Crippen LogP contribution >= 0.6 is 0 Å². The van der Waals surface area contributed by atoms with Crippen molar-refractivity contribution in [2.24, 2.45) is 4.99 Å². The molecule has 0 aliphatic carbocycles. The van der Waals surface area contributed by atoms with Gasteiger partial charge in [-0.1, -0.05) is 0 Å². The van der Waals surface area contributed by atoms with Gasteiger partial charge in [0.25, 0.3) is 0 Å². The van der Waals surface area contributed by atoms with E-state index in [1.165, 1.54) is 0 Å². The first-order chi connectivity index (χ1) is 5.24. The first-order valence-corrected chi connectivity index (χ1v) is 3.69. The Kier molecular flexibility index (Phi) is 2.46. The average molecular weight is 156 g/mol. The molecule has 0 radical (unpaired) electrons. The van der Waals surface area contributed by atoms with E-state index in [-0.39, 0.29) is 11.9 Å². The molecule has 0 saturated heterocycles. The summed E-state index contributed by atoms with van der Waals surface area (Å²) < 4.78 is 5.02. The predicted octanol–water partition coefficient (Wildman–Crippen LogP) is -0.0603. The second kappa shape index (κ2) is 3.37. The summed E-state index contributed by atoms with van der Waals surface area (Å²) in [6.45, 7) is 4.66. The van der Waals surface area contributed by atoms with Crippen LogP contribution in [-0.2, 0) is 9.53 Å². The van der Waals surface area contributed by atoms with Gasteiger partial charge in [-0.15, -0.1) is 0 Å². The van der Waals surface area contributed by atoms with Gasteiger partial charge in [-0.05, 0) is 6.92 Å². The van der Waals surface area contributed by atoms with E-state index in [1.807, 2.05) is 6.92 Å². The molecule has 1 N–H and O–H groups in total. The predicted molar refractivity (Wildman–Crippen MR) is 41.5 cm³/mol. The second-order valence-electron chi connectivity index (χ2n) is 2.37. The van der Waals surface area contributed by atoms with Crippen LogP contribution in [0, 0.1) is 0 Å². The first-order valence-electron chi connectivity index (χ1n) is 3.69. The highest BCUT2D eigenvalue weighted by Crippen LogP contribution is 2.03. The standard InChI is InChI=1S/C7H12N2O2/c1-3-8-7(10)6-4-11-5(2)9-6/h6H,3-4H2,1-2H3,(H,8,10). The topological polar surface area (TPSA) is 50.7 Å². The molecule has 0 spiro atoms. The number of amides is 1. The summed E-state index contributed by atoms with van der Waals surface area (Å²) in [5.41, 5.74) is 0. The summed E-state index contributed by atoms with van der Waals surface area (Å²) >= 11 is 0. The lowest BCUT2D eigenvalue weighted by molar-refractivity contribution is -0.122. The Morgan fingerprint density at radius 3 is 3.09 bits per heavy atom. The summed E-state index contributed by atoms with van der Waals surface area (Å²) in [6, 6.07) is -0.324. The molecule has 1 atom stereocenters. The van der Waals surface area contributed by atoms with Crippen LogP contribution in [0.5, 0.6) is 0 Å². The molecule has 11 heavy (non-hydrogen) atoms. The SMILES string of the molecule is CCNC(=O)C1COC(C)=N1. The molecule has 0 aromatic heterocycles. The Hall–Kier alpha value is -1.06. The maximum Gasteiger partial charge on any atom is 0.248 e. The summed E-state index contributed by atoms with van der Waals surface area (Å²) in [4.78, 5) is 15.1. The number of likely N-dealkylation sites (N-methyl/N-ethyl adjacent to an activating group) is 1. The molecule has 4 heteroatoms. The number of nitrogens with one attached hydrogen (secondary N) is 1. The molecule has 0 fully saturated rings. The van der Waals surface area contributed by atoms with Gasteiger partial charge in [-0.3, -0.25) is 4.79 Å². The average Bonchev–Trinajstić information content (AvgIpc) is 2.36. The van der Waals surface area contributed by atoms with Crippen LogP contribution in [0.25, 0.3) is 0 Å². The van der Waals surface area contributed by atoms with E-state index in [0.29, 0.717) is 19.0 Å². The highest BCUT2D eigenvalue weighted by Gasteiger charge is 2.22. The van der Waals surface area contributed by atoms with Crippen LogP contribution in [0.15, 0.2) is 4.99 Å². The van der Waals surface area contributed by atoms with Crippen molar-refractivity contribution in [2.75, 3.05) is 13.2 Å². The third-order valence-corrected chi connectivity index (χ3v) is 1.44. The lowest BCUT2D eigenvalue weighted by atomic mass is 10.3. The minimum absolute atomic E-state index is 0.0515. The van der Waals surface area contributed by atoms with E-state index in [4.69, 9.17) is 4.74 Å². The van der Waals surface area contributed by atoms with Gasteiger partial charge in [-0.25, -0.2) is 4.99 Å². The third-order valence-electron chi connectivity index (χ3n) is 1.44. The lowest BCUT2D eigenvalue weighted by Crippen LogP contribution is -2.34. The molecule has 62 valence electrons. The molecule has 1 rings (SSSR count). The van der Waals surface area contributed by atoms with Crippen molar-refractivity contribution in [3.05, 3.63) is 0 Å². The van der Waals surface area contributed by atoms with Crippen molar-refractivity contribution in [3.63, 3.8) is 0 Å². The first kappa shape index (κ1) is 8.04. The van der Waals surface area contributed by atoms with E-state index in [2.05, 4.69) is 10.3 Å². The minimum Gasteiger partial charge on any atom is -0.478 e. The zero-order valence-electron chi connectivity index (χ0n) is 6.76. The van der Waals surface area contributed by atoms with E-state index in [0.717, 1.165) is 0 Å². The zero-order valence-corrected chi connectivity index (χ0v) is 6.76. The van der Waals surface area contributed by atoms with E-state index < -0.39 is 0 Å². The monoisotopic (exact) mass is 156 g/mol. The van der Waals surface area contributed by atoms with Crippen LogP contribution in [-0.4, -0.2) is 31.0 Å². The highest BCUT2D eigenvalue weighted by atomic mass is 16.5. The molecule has 1 amide bonds. The van der Waals surface area contributed by atoms with Crippen LogP contribution in [0.1, 0.15) is 13.8 Å². The molecule has 1 heterocycles. The zero-order chi connectivity index (χ0) is 8.27.